The number of hydrogen-bond acceptors (Lipinski definition) is 5. The third kappa shape index (κ3) is 2.31. The van der Waals surface area contributed by atoms with Gasteiger partial charge in [0.05, 0.1) is 5.69 Å². The molecular formula is C10H16N4O2S. The van der Waals surface area contributed by atoms with Crippen LogP contribution >= 0.6 is 0 Å². The van der Waals surface area contributed by atoms with E-state index in [1.807, 2.05) is 6.92 Å². The lowest BCUT2D eigenvalue weighted by molar-refractivity contribution is 0.283. The highest BCUT2D eigenvalue weighted by Gasteiger charge is 2.33. The lowest BCUT2D eigenvalue weighted by Crippen LogP contribution is -2.52. The molecule has 1 aliphatic heterocycles. The molecule has 0 unspecified atom stereocenters. The molecule has 1 aromatic heterocycles. The molecule has 0 spiro atoms. The van der Waals surface area contributed by atoms with Crippen molar-refractivity contribution in [2.45, 2.75) is 24.9 Å². The summed E-state index contributed by atoms with van der Waals surface area (Å²) in [5.41, 5.74) is 0.443. The first-order valence-electron chi connectivity index (χ1n) is 5.53. The fourth-order valence-electron chi connectivity index (χ4n) is 1.94. The second-order valence-electron chi connectivity index (χ2n) is 4.12. The molecule has 17 heavy (non-hydrogen) atoms. The Bertz CT molecular complexity index is 503. The van der Waals surface area contributed by atoms with Gasteiger partial charge in [-0.25, -0.2) is 13.4 Å². The van der Waals surface area contributed by atoms with Crippen LogP contribution in [0.5, 0.6) is 0 Å². The molecule has 1 fully saturated rings. The molecule has 1 atom stereocenters. The van der Waals surface area contributed by atoms with Crippen molar-refractivity contribution < 1.29 is 8.42 Å². The van der Waals surface area contributed by atoms with Crippen LogP contribution in [0, 0.1) is 6.92 Å². The summed E-state index contributed by atoms with van der Waals surface area (Å²) in [5.74, 6) is 0. The summed E-state index contributed by atoms with van der Waals surface area (Å²) in [4.78, 5) is 7.93. The van der Waals surface area contributed by atoms with Crippen LogP contribution in [-0.4, -0.2) is 48.4 Å². The third-order valence-electron chi connectivity index (χ3n) is 2.83. The smallest absolute Gasteiger partial charge is 0.262 e. The summed E-state index contributed by atoms with van der Waals surface area (Å²) >= 11 is 0. The van der Waals surface area contributed by atoms with Crippen molar-refractivity contribution in [3.05, 3.63) is 18.1 Å². The lowest BCUT2D eigenvalue weighted by atomic mass is 10.3. The van der Waals surface area contributed by atoms with Gasteiger partial charge in [0.2, 0.25) is 0 Å². The Labute approximate surface area is 101 Å². The molecular weight excluding hydrogens is 240 g/mol. The van der Waals surface area contributed by atoms with Crippen LogP contribution in [0.1, 0.15) is 12.6 Å². The predicted molar refractivity (Wildman–Crippen MR) is 63.0 cm³/mol. The van der Waals surface area contributed by atoms with E-state index in [1.54, 1.807) is 6.92 Å². The first kappa shape index (κ1) is 12.4. The van der Waals surface area contributed by atoms with Gasteiger partial charge in [-0.2, -0.15) is 4.31 Å². The molecule has 1 aromatic rings. The van der Waals surface area contributed by atoms with E-state index in [-0.39, 0.29) is 11.1 Å². The fourth-order valence-corrected chi connectivity index (χ4v) is 3.66. The van der Waals surface area contributed by atoms with E-state index in [1.165, 1.54) is 16.7 Å². The molecule has 6 nitrogen and oxygen atoms in total. The molecule has 7 heteroatoms. The van der Waals surface area contributed by atoms with E-state index in [0.717, 1.165) is 0 Å². The minimum absolute atomic E-state index is 0.0600. The number of nitrogens with zero attached hydrogens (tertiary/aromatic N) is 3. The zero-order valence-electron chi connectivity index (χ0n) is 9.92. The van der Waals surface area contributed by atoms with Crippen LogP contribution in [0.4, 0.5) is 0 Å². The molecule has 0 aliphatic carbocycles. The fraction of sp³-hybridized carbons (Fsp3) is 0.600. The van der Waals surface area contributed by atoms with Crippen LogP contribution in [0.15, 0.2) is 17.4 Å². The summed E-state index contributed by atoms with van der Waals surface area (Å²) in [6.07, 6.45) is 2.91. The summed E-state index contributed by atoms with van der Waals surface area (Å²) in [6, 6.07) is -0.0600. The van der Waals surface area contributed by atoms with Crippen molar-refractivity contribution in [2.75, 3.05) is 19.6 Å². The Kier molecular flexibility index (Phi) is 3.41. The van der Waals surface area contributed by atoms with Gasteiger partial charge in [0.25, 0.3) is 10.0 Å². The maximum atomic E-state index is 12.4. The molecule has 0 radical (unpaired) electrons. The topological polar surface area (TPSA) is 75.2 Å². The molecule has 0 bridgehead atoms. The average molecular weight is 256 g/mol. The maximum absolute atomic E-state index is 12.4. The molecule has 1 saturated heterocycles. The number of nitrogens with one attached hydrogen (secondary N) is 1. The van der Waals surface area contributed by atoms with Crippen LogP contribution < -0.4 is 5.32 Å². The third-order valence-corrected chi connectivity index (χ3v) is 4.88. The first-order valence-corrected chi connectivity index (χ1v) is 6.97. The number of aryl methyl sites for hydroxylation is 1. The van der Waals surface area contributed by atoms with Crippen molar-refractivity contribution in [3.63, 3.8) is 0 Å². The van der Waals surface area contributed by atoms with Gasteiger partial charge in [0.15, 0.2) is 5.03 Å². The van der Waals surface area contributed by atoms with E-state index >= 15 is 0 Å². The molecule has 0 saturated carbocycles. The van der Waals surface area contributed by atoms with Gasteiger partial charge in [-0.15, -0.1) is 0 Å². The molecule has 0 aromatic carbocycles. The maximum Gasteiger partial charge on any atom is 0.262 e. The summed E-state index contributed by atoms with van der Waals surface area (Å²) < 4.78 is 26.3. The van der Waals surface area contributed by atoms with Crippen molar-refractivity contribution in [1.29, 1.82) is 0 Å². The largest absolute Gasteiger partial charge is 0.314 e. The molecule has 94 valence electrons. The van der Waals surface area contributed by atoms with Crippen LogP contribution in [0.25, 0.3) is 0 Å². The number of hydrogen-bond donors (Lipinski definition) is 1. The molecule has 1 N–H and O–H groups in total. The van der Waals surface area contributed by atoms with Gasteiger partial charge in [-0.3, -0.25) is 4.98 Å². The van der Waals surface area contributed by atoms with Crippen LogP contribution in [-0.2, 0) is 10.0 Å². The van der Waals surface area contributed by atoms with Crippen molar-refractivity contribution in [1.82, 2.24) is 19.6 Å². The minimum Gasteiger partial charge on any atom is -0.314 e. The highest BCUT2D eigenvalue weighted by molar-refractivity contribution is 7.89. The van der Waals surface area contributed by atoms with E-state index < -0.39 is 10.0 Å². The van der Waals surface area contributed by atoms with E-state index in [2.05, 4.69) is 15.3 Å². The summed E-state index contributed by atoms with van der Waals surface area (Å²) in [7, 11) is -3.52. The van der Waals surface area contributed by atoms with Crippen molar-refractivity contribution >= 4 is 10.0 Å². The normalized spacial score (nSPS) is 22.6. The summed E-state index contributed by atoms with van der Waals surface area (Å²) in [5, 5.41) is 3.22. The van der Waals surface area contributed by atoms with Gasteiger partial charge >= 0.3 is 0 Å². The minimum atomic E-state index is -3.52. The Morgan fingerprint density at radius 1 is 1.41 bits per heavy atom. The highest BCUT2D eigenvalue weighted by atomic mass is 32.2. The van der Waals surface area contributed by atoms with E-state index in [4.69, 9.17) is 0 Å². The Hall–Kier alpha value is -1.05. The van der Waals surface area contributed by atoms with E-state index in [0.29, 0.717) is 25.3 Å². The zero-order valence-corrected chi connectivity index (χ0v) is 10.7. The second kappa shape index (κ2) is 4.67. The monoisotopic (exact) mass is 256 g/mol. The molecule has 2 rings (SSSR count). The first-order chi connectivity index (χ1) is 8.03. The SMILES string of the molecule is Cc1nccnc1S(=O)(=O)N1CCNC[C@@H]1C. The second-order valence-corrected chi connectivity index (χ2v) is 5.92. The Balaban J connectivity index is 2.39. The standard InChI is InChI=1S/C10H16N4O2S/c1-8-7-11-5-6-14(8)17(15,16)10-9(2)12-3-4-13-10/h3-4,8,11H,5-7H2,1-2H3/t8-/m0/s1. The van der Waals surface area contributed by atoms with Crippen LogP contribution in [0.2, 0.25) is 0 Å². The predicted octanol–water partition coefficient (Wildman–Crippen LogP) is -0.233. The highest BCUT2D eigenvalue weighted by Crippen LogP contribution is 2.18. The summed E-state index contributed by atoms with van der Waals surface area (Å²) in [6.45, 7) is 5.35. The van der Waals surface area contributed by atoms with Crippen LogP contribution in [0.3, 0.4) is 0 Å². The average Bonchev–Trinajstić information content (AvgIpc) is 2.29. The molecule has 2 heterocycles. The number of piperazine rings is 1. The number of rotatable bonds is 2. The van der Waals surface area contributed by atoms with Gasteiger partial charge in [-0.05, 0) is 13.8 Å². The lowest BCUT2D eigenvalue weighted by Gasteiger charge is -2.32. The van der Waals surface area contributed by atoms with Gasteiger partial charge in [-0.1, -0.05) is 0 Å². The van der Waals surface area contributed by atoms with Gasteiger partial charge in [0, 0.05) is 38.1 Å². The number of aromatic nitrogens is 2. The zero-order chi connectivity index (χ0) is 12.5. The quantitative estimate of drug-likeness (QED) is 0.791. The Morgan fingerprint density at radius 2 is 2.12 bits per heavy atom. The van der Waals surface area contributed by atoms with Crippen molar-refractivity contribution in [3.8, 4) is 0 Å². The van der Waals surface area contributed by atoms with Gasteiger partial charge < -0.3 is 5.32 Å². The Morgan fingerprint density at radius 3 is 2.76 bits per heavy atom. The number of sulfonamides is 1. The van der Waals surface area contributed by atoms with Gasteiger partial charge in [0.1, 0.15) is 0 Å². The van der Waals surface area contributed by atoms with Crippen molar-refractivity contribution in [2.24, 2.45) is 0 Å². The van der Waals surface area contributed by atoms with E-state index in [9.17, 15) is 8.42 Å². The molecule has 1 aliphatic rings. The molecule has 0 amide bonds.